The molecule has 0 amide bonds. The molecular weight excluding hydrogens is 158 g/mol. The van der Waals surface area contributed by atoms with Crippen molar-refractivity contribution in [2.75, 3.05) is 13.1 Å². The molecule has 11 heavy (non-hydrogen) atoms. The summed E-state index contributed by atoms with van der Waals surface area (Å²) in [6.45, 7) is 2.06. The lowest BCUT2D eigenvalue weighted by atomic mass is 9.83. The Morgan fingerprint density at radius 3 is 2.82 bits per heavy atom. The molecule has 0 aromatic heterocycles. The monoisotopic (exact) mass is 173 g/mol. The smallest absolute Gasteiger partial charge is 0.0146 e. The molecule has 0 atom stereocenters. The van der Waals surface area contributed by atoms with Crippen LogP contribution in [0.4, 0.5) is 0 Å². The van der Waals surface area contributed by atoms with Crippen LogP contribution in [0, 0.1) is 5.92 Å². The number of hydrogen-bond acceptors (Lipinski definition) is 1. The Labute approximate surface area is 73.8 Å². The Hall–Kier alpha value is -0.0100. The lowest BCUT2D eigenvalue weighted by Crippen LogP contribution is -2.21. The van der Waals surface area contributed by atoms with Crippen LogP contribution in [0.3, 0.4) is 0 Å². The van der Waals surface area contributed by atoms with Gasteiger partial charge in [0.25, 0.3) is 0 Å². The zero-order valence-corrected chi connectivity index (χ0v) is 7.61. The molecule has 0 aliphatic heterocycles. The summed E-state index contributed by atoms with van der Waals surface area (Å²) >= 11 is 5.36. The largest absolute Gasteiger partial charge is 0.313 e. The van der Waals surface area contributed by atoms with E-state index < -0.39 is 0 Å². The van der Waals surface area contributed by atoms with Gasteiger partial charge in [-0.15, -0.1) is 0 Å². The van der Waals surface area contributed by atoms with Crippen molar-refractivity contribution in [1.29, 1.82) is 0 Å². The zero-order chi connectivity index (χ0) is 7.94. The van der Waals surface area contributed by atoms with Gasteiger partial charge in [-0.25, -0.2) is 0 Å². The van der Waals surface area contributed by atoms with Crippen LogP contribution in [-0.2, 0) is 0 Å². The Morgan fingerprint density at radius 2 is 2.27 bits per heavy atom. The highest BCUT2D eigenvalue weighted by Gasteiger charge is 2.15. The van der Waals surface area contributed by atoms with Gasteiger partial charge in [-0.1, -0.05) is 36.9 Å². The molecule has 0 radical (unpaired) electrons. The molecule has 1 nitrogen and oxygen atoms in total. The molecule has 1 aliphatic rings. The maximum Gasteiger partial charge on any atom is 0.0146 e. The van der Waals surface area contributed by atoms with Crippen LogP contribution in [0.25, 0.3) is 0 Å². The lowest BCUT2D eigenvalue weighted by Gasteiger charge is -2.24. The van der Waals surface area contributed by atoms with E-state index in [0.29, 0.717) is 0 Å². The first-order valence-corrected chi connectivity index (χ1v) is 4.83. The summed E-state index contributed by atoms with van der Waals surface area (Å²) < 4.78 is 0. The highest BCUT2D eigenvalue weighted by Crippen LogP contribution is 2.28. The molecule has 64 valence electrons. The average Bonchev–Trinajstić information content (AvgIpc) is 1.93. The third-order valence-corrected chi connectivity index (χ3v) is 2.48. The van der Waals surface area contributed by atoms with Gasteiger partial charge in [0.1, 0.15) is 0 Å². The Morgan fingerprint density at radius 1 is 1.45 bits per heavy atom. The molecule has 0 aromatic rings. The van der Waals surface area contributed by atoms with Crippen molar-refractivity contribution in [3.8, 4) is 0 Å². The molecule has 0 spiro atoms. The minimum atomic E-state index is 0.913. The van der Waals surface area contributed by atoms with E-state index in [0.717, 1.165) is 19.0 Å². The number of nitrogens with one attached hydrogen (secondary N) is 1. The van der Waals surface area contributed by atoms with Crippen LogP contribution in [-0.4, -0.2) is 13.1 Å². The first kappa shape index (κ1) is 9.08. The summed E-state index contributed by atoms with van der Waals surface area (Å²) in [5.41, 5.74) is 1.57. The summed E-state index contributed by atoms with van der Waals surface area (Å²) in [4.78, 5) is 0. The van der Waals surface area contributed by atoms with Crippen LogP contribution in [0.1, 0.15) is 25.7 Å². The average molecular weight is 174 g/mol. The topological polar surface area (TPSA) is 12.0 Å². The van der Waals surface area contributed by atoms with Gasteiger partial charge >= 0.3 is 0 Å². The standard InChI is InChI=1S/C9H16ClN/c10-6-2-7-11-8-5-9-3-1-4-9/h2,6,9,11H,1,3-5,7-8H2/b6-2+. The van der Waals surface area contributed by atoms with E-state index in [1.54, 1.807) is 5.54 Å². The summed E-state index contributed by atoms with van der Waals surface area (Å²) in [7, 11) is 0. The Bertz CT molecular complexity index is 119. The van der Waals surface area contributed by atoms with Crippen molar-refractivity contribution in [2.24, 2.45) is 5.92 Å². The summed E-state index contributed by atoms with van der Waals surface area (Å²) in [6.07, 6.45) is 7.63. The van der Waals surface area contributed by atoms with Crippen LogP contribution < -0.4 is 5.32 Å². The van der Waals surface area contributed by atoms with E-state index in [4.69, 9.17) is 11.6 Å². The van der Waals surface area contributed by atoms with Crippen LogP contribution in [0.15, 0.2) is 11.6 Å². The highest BCUT2D eigenvalue weighted by atomic mass is 35.5. The molecule has 0 aromatic carbocycles. The SMILES string of the molecule is Cl/C=C/CNCCC1CCC1. The molecule has 1 N–H and O–H groups in total. The zero-order valence-electron chi connectivity index (χ0n) is 6.85. The third-order valence-electron chi connectivity index (χ3n) is 2.31. The van der Waals surface area contributed by atoms with E-state index in [9.17, 15) is 0 Å². The maximum absolute atomic E-state index is 5.36. The number of halogens is 1. The first-order chi connectivity index (χ1) is 5.43. The molecule has 0 saturated heterocycles. The normalized spacial score (nSPS) is 19.0. The molecule has 1 rings (SSSR count). The third kappa shape index (κ3) is 3.78. The molecule has 1 saturated carbocycles. The lowest BCUT2D eigenvalue weighted by molar-refractivity contribution is 0.293. The molecule has 1 aliphatic carbocycles. The molecular formula is C9H16ClN. The van der Waals surface area contributed by atoms with E-state index in [2.05, 4.69) is 5.32 Å². The van der Waals surface area contributed by atoms with Crippen molar-refractivity contribution in [3.63, 3.8) is 0 Å². The molecule has 1 fully saturated rings. The van der Waals surface area contributed by atoms with Crippen molar-refractivity contribution in [3.05, 3.63) is 11.6 Å². The fourth-order valence-electron chi connectivity index (χ4n) is 1.32. The number of rotatable bonds is 5. The van der Waals surface area contributed by atoms with Crippen LogP contribution in [0.2, 0.25) is 0 Å². The predicted octanol–water partition coefficient (Wildman–Crippen LogP) is 2.52. The molecule has 0 heterocycles. The number of hydrogen-bond donors (Lipinski definition) is 1. The van der Waals surface area contributed by atoms with E-state index >= 15 is 0 Å². The van der Waals surface area contributed by atoms with Crippen molar-refractivity contribution in [2.45, 2.75) is 25.7 Å². The molecule has 0 bridgehead atoms. The molecule has 0 unspecified atom stereocenters. The Kier molecular flexibility index (Phi) is 4.64. The van der Waals surface area contributed by atoms with Gasteiger partial charge in [0.05, 0.1) is 0 Å². The van der Waals surface area contributed by atoms with Gasteiger partial charge in [0.2, 0.25) is 0 Å². The predicted molar refractivity (Wildman–Crippen MR) is 49.8 cm³/mol. The summed E-state index contributed by atoms with van der Waals surface area (Å²) in [5.74, 6) is 1.02. The van der Waals surface area contributed by atoms with Crippen molar-refractivity contribution >= 4 is 11.6 Å². The molecule has 2 heteroatoms. The van der Waals surface area contributed by atoms with Gasteiger partial charge in [-0.2, -0.15) is 0 Å². The van der Waals surface area contributed by atoms with Crippen molar-refractivity contribution < 1.29 is 0 Å². The van der Waals surface area contributed by atoms with E-state index in [1.807, 2.05) is 6.08 Å². The maximum atomic E-state index is 5.36. The van der Waals surface area contributed by atoms with Crippen LogP contribution >= 0.6 is 11.6 Å². The summed E-state index contributed by atoms with van der Waals surface area (Å²) in [5, 5.41) is 3.31. The van der Waals surface area contributed by atoms with Gasteiger partial charge in [0.15, 0.2) is 0 Å². The van der Waals surface area contributed by atoms with Gasteiger partial charge in [0, 0.05) is 12.1 Å². The minimum Gasteiger partial charge on any atom is -0.313 e. The second-order valence-electron chi connectivity index (χ2n) is 3.15. The highest BCUT2D eigenvalue weighted by molar-refractivity contribution is 6.25. The second-order valence-corrected chi connectivity index (χ2v) is 3.40. The van der Waals surface area contributed by atoms with Gasteiger partial charge in [-0.05, 0) is 18.9 Å². The Balaban J connectivity index is 1.80. The first-order valence-electron chi connectivity index (χ1n) is 4.39. The van der Waals surface area contributed by atoms with E-state index in [1.165, 1.54) is 25.7 Å². The fourth-order valence-corrected chi connectivity index (χ4v) is 1.41. The quantitative estimate of drug-likeness (QED) is 0.631. The van der Waals surface area contributed by atoms with Gasteiger partial charge < -0.3 is 5.32 Å². The van der Waals surface area contributed by atoms with Crippen LogP contribution in [0.5, 0.6) is 0 Å². The van der Waals surface area contributed by atoms with Gasteiger partial charge in [-0.3, -0.25) is 0 Å². The van der Waals surface area contributed by atoms with Crippen molar-refractivity contribution in [1.82, 2.24) is 5.32 Å². The van der Waals surface area contributed by atoms with E-state index in [-0.39, 0.29) is 0 Å². The minimum absolute atomic E-state index is 0.913. The second kappa shape index (κ2) is 5.62. The summed E-state index contributed by atoms with van der Waals surface area (Å²) in [6, 6.07) is 0. The fraction of sp³-hybridized carbons (Fsp3) is 0.778.